The van der Waals surface area contributed by atoms with Gasteiger partial charge in [-0.3, -0.25) is 0 Å². The van der Waals surface area contributed by atoms with Gasteiger partial charge in [-0.2, -0.15) is 0 Å². The van der Waals surface area contributed by atoms with Crippen LogP contribution >= 0.6 is 0 Å². The molecule has 73 heavy (non-hydrogen) atoms. The van der Waals surface area contributed by atoms with E-state index in [-0.39, 0.29) is 16.8 Å². The summed E-state index contributed by atoms with van der Waals surface area (Å²) in [6, 6.07) is 26.7. The fourth-order valence-corrected chi connectivity index (χ4v) is 10.7. The molecule has 2 aliphatic rings. The van der Waals surface area contributed by atoms with Gasteiger partial charge in [0.1, 0.15) is 0 Å². The second kappa shape index (κ2) is 25.2. The maximum absolute atomic E-state index is 5.43. The third-order valence-corrected chi connectivity index (χ3v) is 15.3. The summed E-state index contributed by atoms with van der Waals surface area (Å²) >= 11 is 0. The molecule has 0 fully saturated rings. The molecule has 0 atom stereocenters. The van der Waals surface area contributed by atoms with Crippen LogP contribution in [0.3, 0.4) is 0 Å². The number of rotatable bonds is 24. The normalized spacial score (nSPS) is 12.2. The van der Waals surface area contributed by atoms with Crippen molar-refractivity contribution in [2.24, 2.45) is 0 Å². The number of aromatic nitrogens is 8. The van der Waals surface area contributed by atoms with Gasteiger partial charge in [-0.25, -0.2) is 9.97 Å². The van der Waals surface area contributed by atoms with Crippen molar-refractivity contribution < 1.29 is 16.8 Å². The molecule has 0 aliphatic carbocycles. The zero-order valence-corrected chi connectivity index (χ0v) is 45.8. The molecule has 0 saturated heterocycles. The first-order valence-corrected chi connectivity index (χ1v) is 27.4. The van der Waals surface area contributed by atoms with Crippen molar-refractivity contribution in [3.8, 4) is 45.6 Å². The number of hydrogen-bond donors (Lipinski definition) is 0. The Kier molecular flexibility index (Phi) is 18.6. The van der Waals surface area contributed by atoms with Gasteiger partial charge < -0.3 is 49.5 Å². The van der Waals surface area contributed by atoms with E-state index in [0.717, 1.165) is 174 Å². The van der Waals surface area contributed by atoms with Gasteiger partial charge in [0.2, 0.25) is 0 Å². The van der Waals surface area contributed by atoms with Crippen LogP contribution in [-0.2, 0) is 42.5 Å². The standard InChI is InChI=1S/C60H76N12.Co/c1-9-69(10-2)33-17-21-41-25-29-45-49(37-41)57-62-53(45)61-54-46-30-26-42(22-18-34-70(11-3)12-4)38-50(46)58(63-54)65-56-48-32-28-44(24-20-36-72(15-7)16-8)40-52(48)60(67-56)68-59-51-39-43(23-19-35-71(13-5)14-6)27-31-47(51)55(64-57)66-59;/h25-32,37-40H,9-24,33-36H2,1-8H3;/q-2;+2. The molecule has 7 aromatic rings. The average Bonchev–Trinajstić information content (AvgIpc) is 4.14. The molecule has 0 unspecified atom stereocenters. The monoisotopic (exact) mass is 1020 g/mol. The van der Waals surface area contributed by atoms with E-state index < -0.39 is 0 Å². The van der Waals surface area contributed by atoms with E-state index in [9.17, 15) is 0 Å². The van der Waals surface area contributed by atoms with Gasteiger partial charge in [0.05, 0.1) is 23.3 Å². The second-order valence-corrected chi connectivity index (χ2v) is 19.5. The summed E-state index contributed by atoms with van der Waals surface area (Å²) in [6.07, 6.45) is 8.10. The fraction of sp³-hybridized carbons (Fsp3) is 0.467. The first-order chi connectivity index (χ1) is 35.3. The summed E-state index contributed by atoms with van der Waals surface area (Å²) < 4.78 is 0. The number of hydrogen-bond acceptors (Lipinski definition) is 10. The van der Waals surface area contributed by atoms with Gasteiger partial charge in [0, 0.05) is 44.8 Å². The van der Waals surface area contributed by atoms with Crippen LogP contribution in [0.4, 0.5) is 0 Å². The van der Waals surface area contributed by atoms with Gasteiger partial charge in [-0.1, -0.05) is 116 Å². The Morgan fingerprint density at radius 2 is 0.589 bits per heavy atom. The van der Waals surface area contributed by atoms with Crippen molar-refractivity contribution in [2.75, 3.05) is 78.5 Å². The van der Waals surface area contributed by atoms with Crippen LogP contribution in [0.5, 0.6) is 0 Å². The number of benzene rings is 4. The third kappa shape index (κ3) is 12.2. The topological polar surface area (TPSA) is 118 Å². The van der Waals surface area contributed by atoms with E-state index in [2.05, 4.69) is 148 Å². The van der Waals surface area contributed by atoms with E-state index >= 15 is 0 Å². The van der Waals surface area contributed by atoms with Crippen molar-refractivity contribution in [1.82, 2.24) is 59.5 Å². The van der Waals surface area contributed by atoms with Crippen LogP contribution < -0.4 is 9.97 Å². The van der Waals surface area contributed by atoms with Crippen molar-refractivity contribution in [3.63, 3.8) is 0 Å². The molecule has 0 amide bonds. The van der Waals surface area contributed by atoms with Crippen molar-refractivity contribution in [1.29, 1.82) is 0 Å². The summed E-state index contributed by atoms with van der Waals surface area (Å²) in [5.74, 6) is 2.38. The summed E-state index contributed by atoms with van der Waals surface area (Å²) in [4.78, 5) is 52.6. The zero-order valence-electron chi connectivity index (χ0n) is 44.8. The Bertz CT molecular complexity index is 3140. The van der Waals surface area contributed by atoms with E-state index in [0.29, 0.717) is 45.9 Å². The van der Waals surface area contributed by atoms with Crippen LogP contribution in [0, 0.1) is 0 Å². The van der Waals surface area contributed by atoms with E-state index in [1.165, 1.54) is 22.3 Å². The minimum atomic E-state index is 0. The predicted octanol–water partition coefficient (Wildman–Crippen LogP) is 11.2. The third-order valence-electron chi connectivity index (χ3n) is 15.3. The van der Waals surface area contributed by atoms with Gasteiger partial charge >= 0.3 is 16.8 Å². The first-order valence-electron chi connectivity index (χ1n) is 27.4. The molecule has 3 aromatic heterocycles. The Morgan fingerprint density at radius 3 is 0.904 bits per heavy atom. The number of aryl methyl sites for hydroxylation is 4. The van der Waals surface area contributed by atoms with Crippen LogP contribution in [0.25, 0.3) is 89.7 Å². The smallest absolute Gasteiger partial charge is 0.357 e. The largest absolute Gasteiger partial charge is 2.00 e. The van der Waals surface area contributed by atoms with Gasteiger partial charge in [-0.15, -0.1) is 0 Å². The Hall–Kier alpha value is -5.41. The Morgan fingerprint density at radius 1 is 0.315 bits per heavy atom. The minimum absolute atomic E-state index is 0. The quantitative estimate of drug-likeness (QED) is 0.0573. The SMILES string of the molecule is CCN(CC)CCCc1ccc2c(c1)-c1nc-2nc2[n-]c(nc3nc(nc4[n-]c(n1)c1ccc(CCCN(CC)CC)cc41)-c1cc(CCCN(CC)CC)ccc1-3)c1cc(CCCN(CC)CC)ccc21.[Co+2]. The van der Waals surface area contributed by atoms with Gasteiger partial charge in [-0.05, 0) is 186 Å². The molecular weight excluding hydrogens is 948 g/mol. The maximum atomic E-state index is 5.43. The predicted molar refractivity (Wildman–Crippen MR) is 298 cm³/mol. The molecule has 8 bridgehead atoms. The summed E-state index contributed by atoms with van der Waals surface area (Å²) in [6.45, 7) is 30.6. The molecule has 1 radical (unpaired) electrons. The summed E-state index contributed by atoms with van der Waals surface area (Å²) in [5.41, 5.74) is 11.2. The molecule has 4 aromatic carbocycles. The van der Waals surface area contributed by atoms with E-state index in [1.807, 2.05) is 0 Å². The molecule has 5 heterocycles. The van der Waals surface area contributed by atoms with Gasteiger partial charge in [0.15, 0.2) is 0 Å². The first kappa shape index (κ1) is 53.9. The molecule has 0 spiro atoms. The minimum Gasteiger partial charge on any atom is -0.357 e. The van der Waals surface area contributed by atoms with Crippen molar-refractivity contribution in [2.45, 2.75) is 107 Å². The molecule has 0 saturated carbocycles. The maximum Gasteiger partial charge on any atom is 2.00 e. The van der Waals surface area contributed by atoms with Crippen LogP contribution in [0.1, 0.15) is 103 Å². The Balaban J connectivity index is 0.00000711. The van der Waals surface area contributed by atoms with Crippen molar-refractivity contribution >= 4 is 44.1 Å². The summed E-state index contributed by atoms with van der Waals surface area (Å²) in [7, 11) is 0. The molecular formula is C60H76CoN12. The summed E-state index contributed by atoms with van der Waals surface area (Å²) in [5, 5.41) is 3.79. The van der Waals surface area contributed by atoms with Crippen LogP contribution in [-0.4, -0.2) is 128 Å². The average molecular weight is 1020 g/mol. The van der Waals surface area contributed by atoms with Crippen molar-refractivity contribution in [3.05, 3.63) is 95.1 Å². The van der Waals surface area contributed by atoms with E-state index in [1.54, 1.807) is 0 Å². The molecule has 0 N–H and O–H groups in total. The van der Waals surface area contributed by atoms with Crippen LogP contribution in [0.15, 0.2) is 72.8 Å². The molecule has 385 valence electrons. The fourth-order valence-electron chi connectivity index (χ4n) is 10.7. The molecule has 13 heteroatoms. The molecule has 12 nitrogen and oxygen atoms in total. The molecule has 2 aliphatic heterocycles. The van der Waals surface area contributed by atoms with E-state index in [4.69, 9.17) is 39.9 Å². The number of fused-ring (bicyclic) bond motifs is 20. The van der Waals surface area contributed by atoms with Crippen LogP contribution in [0.2, 0.25) is 0 Å². The molecule has 9 rings (SSSR count). The zero-order chi connectivity index (χ0) is 50.1. The second-order valence-electron chi connectivity index (χ2n) is 19.5. The number of nitrogens with zero attached hydrogens (tertiary/aromatic N) is 12. The van der Waals surface area contributed by atoms with Gasteiger partial charge in [0.25, 0.3) is 0 Å². The Labute approximate surface area is 444 Å².